The Morgan fingerprint density at radius 3 is 0.638 bits per heavy atom. The van der Waals surface area contributed by atoms with Gasteiger partial charge in [0.25, 0.3) is 0 Å². The van der Waals surface area contributed by atoms with Crippen molar-refractivity contribution in [2.24, 2.45) is 0 Å². The third kappa shape index (κ3) is 9.58. The molecule has 0 aromatic heterocycles. The van der Waals surface area contributed by atoms with Crippen LogP contribution in [0.2, 0.25) is 0 Å². The van der Waals surface area contributed by atoms with Crippen molar-refractivity contribution >= 4 is 45.5 Å². The van der Waals surface area contributed by atoms with Gasteiger partial charge in [-0.3, -0.25) is 0 Å². The summed E-state index contributed by atoms with van der Waals surface area (Å²) in [7, 11) is 0. The molecule has 0 spiro atoms. The third-order valence-electron chi connectivity index (χ3n) is 12.7. The van der Waals surface area contributed by atoms with Crippen LogP contribution in [0.5, 0.6) is 0 Å². The van der Waals surface area contributed by atoms with Gasteiger partial charge in [-0.05, 0) is 153 Å². The fourth-order valence-corrected chi connectivity index (χ4v) is 9.04. The van der Waals surface area contributed by atoms with E-state index in [4.69, 9.17) is 0 Å². The Morgan fingerprint density at radius 2 is 0.348 bits per heavy atom. The van der Waals surface area contributed by atoms with Gasteiger partial charge in [0.2, 0.25) is 0 Å². The zero-order valence-electron chi connectivity index (χ0n) is 38.1. The monoisotopic (exact) mass is 883 g/mol. The molecule has 0 amide bonds. The van der Waals surface area contributed by atoms with Crippen LogP contribution in [0.15, 0.2) is 291 Å². The van der Waals surface area contributed by atoms with E-state index in [1.807, 2.05) is 18.2 Å². The van der Waals surface area contributed by atoms with Gasteiger partial charge in [0.15, 0.2) is 0 Å². The molecule has 328 valence electrons. The van der Waals surface area contributed by atoms with Crippen LogP contribution in [0.4, 0.5) is 45.5 Å². The molecular weight excluding hydrogens is 835 g/mol. The van der Waals surface area contributed by atoms with Crippen LogP contribution < -0.4 is 15.1 Å². The Kier molecular flexibility index (Phi) is 12.1. The molecule has 3 heteroatoms. The summed E-state index contributed by atoms with van der Waals surface area (Å²) in [4.78, 5) is 4.63. The first kappa shape index (κ1) is 42.5. The van der Waals surface area contributed by atoms with Gasteiger partial charge in [-0.1, -0.05) is 194 Å². The molecule has 69 heavy (non-hydrogen) atoms. The molecule has 0 aliphatic heterocycles. The molecule has 11 aromatic carbocycles. The minimum atomic E-state index is 1.07. The van der Waals surface area contributed by atoms with Crippen LogP contribution in [-0.4, -0.2) is 0 Å². The minimum absolute atomic E-state index is 1.07. The average molecular weight is 884 g/mol. The number of para-hydroxylation sites is 3. The second-order valence-corrected chi connectivity index (χ2v) is 17.1. The number of nitrogens with one attached hydrogen (secondary N) is 1. The molecule has 0 aliphatic rings. The maximum absolute atomic E-state index is 3.47. The molecule has 3 nitrogen and oxygen atoms in total. The van der Waals surface area contributed by atoms with Crippen molar-refractivity contribution in [3.63, 3.8) is 0 Å². The van der Waals surface area contributed by atoms with Gasteiger partial charge in [0.1, 0.15) is 0 Å². The highest BCUT2D eigenvalue weighted by Gasteiger charge is 2.15. The topological polar surface area (TPSA) is 18.5 Å². The molecular formula is C66H49N3. The molecule has 0 fully saturated rings. The van der Waals surface area contributed by atoms with E-state index in [2.05, 4.69) is 288 Å². The van der Waals surface area contributed by atoms with E-state index in [9.17, 15) is 0 Å². The van der Waals surface area contributed by atoms with Gasteiger partial charge in [0.05, 0.1) is 0 Å². The van der Waals surface area contributed by atoms with Gasteiger partial charge in [-0.25, -0.2) is 0 Å². The van der Waals surface area contributed by atoms with Crippen LogP contribution in [0.1, 0.15) is 0 Å². The Hall–Kier alpha value is -9.18. The lowest BCUT2D eigenvalue weighted by molar-refractivity contribution is 1.28. The standard InChI is InChI=1S/C66H49N3/c1-5-13-49(14-6-1)55-31-41-63(42-32-55)68(61-17-9-3-10-18-61)64-43-35-57(36-44-64)52-25-27-53(28-26-52)58-37-47-66(48-38-58)69(62-19-11-4-12-20-62)65-45-33-56(34-46-65)51-23-21-50(22-24-51)54-29-39-60(40-30-54)67-59-15-7-2-8-16-59/h1-48,67H. The van der Waals surface area contributed by atoms with E-state index >= 15 is 0 Å². The van der Waals surface area contributed by atoms with E-state index in [-0.39, 0.29) is 0 Å². The number of hydrogen-bond acceptors (Lipinski definition) is 3. The highest BCUT2D eigenvalue weighted by molar-refractivity contribution is 5.83. The summed E-state index contributed by atoms with van der Waals surface area (Å²) in [5.74, 6) is 0. The lowest BCUT2D eigenvalue weighted by Gasteiger charge is -2.26. The molecule has 11 aromatic rings. The molecule has 0 radical (unpaired) electrons. The van der Waals surface area contributed by atoms with E-state index in [1.165, 1.54) is 55.6 Å². The zero-order chi connectivity index (χ0) is 46.2. The van der Waals surface area contributed by atoms with Gasteiger partial charge in [-0.15, -0.1) is 0 Å². The van der Waals surface area contributed by atoms with E-state index in [0.717, 1.165) is 45.5 Å². The largest absolute Gasteiger partial charge is 0.356 e. The summed E-state index contributed by atoms with van der Waals surface area (Å²) in [6, 6.07) is 104. The molecule has 0 heterocycles. The second kappa shape index (κ2) is 19.7. The fourth-order valence-electron chi connectivity index (χ4n) is 9.04. The van der Waals surface area contributed by atoms with Crippen molar-refractivity contribution in [3.8, 4) is 55.6 Å². The van der Waals surface area contributed by atoms with Crippen LogP contribution in [-0.2, 0) is 0 Å². The van der Waals surface area contributed by atoms with E-state index in [1.54, 1.807) is 0 Å². The van der Waals surface area contributed by atoms with Crippen molar-refractivity contribution < 1.29 is 0 Å². The molecule has 0 saturated heterocycles. The summed E-state index contributed by atoms with van der Waals surface area (Å²) in [5, 5.41) is 3.47. The molecule has 11 rings (SSSR count). The Labute approximate surface area is 405 Å². The Bertz CT molecular complexity index is 3360. The molecule has 0 atom stereocenters. The first-order valence-electron chi connectivity index (χ1n) is 23.5. The molecule has 0 bridgehead atoms. The number of anilines is 8. The van der Waals surface area contributed by atoms with Crippen LogP contribution >= 0.6 is 0 Å². The smallest absolute Gasteiger partial charge is 0.0462 e. The average Bonchev–Trinajstić information content (AvgIpc) is 3.43. The maximum Gasteiger partial charge on any atom is 0.0462 e. The number of nitrogens with zero attached hydrogens (tertiary/aromatic N) is 2. The Balaban J connectivity index is 0.783. The second-order valence-electron chi connectivity index (χ2n) is 17.1. The van der Waals surface area contributed by atoms with Crippen molar-refractivity contribution in [3.05, 3.63) is 291 Å². The van der Waals surface area contributed by atoms with Gasteiger partial charge < -0.3 is 15.1 Å². The normalized spacial score (nSPS) is 10.9. The lowest BCUT2D eigenvalue weighted by Crippen LogP contribution is -2.09. The molecule has 0 unspecified atom stereocenters. The Morgan fingerprint density at radius 1 is 0.159 bits per heavy atom. The van der Waals surface area contributed by atoms with Crippen LogP contribution in [0, 0.1) is 0 Å². The van der Waals surface area contributed by atoms with Gasteiger partial charge in [0, 0.05) is 45.5 Å². The van der Waals surface area contributed by atoms with E-state index < -0.39 is 0 Å². The summed E-state index contributed by atoms with van der Waals surface area (Å²) in [5.41, 5.74) is 20.6. The van der Waals surface area contributed by atoms with Gasteiger partial charge >= 0.3 is 0 Å². The quantitative estimate of drug-likeness (QED) is 0.124. The predicted octanol–water partition coefficient (Wildman–Crippen LogP) is 18.7. The highest BCUT2D eigenvalue weighted by atomic mass is 15.1. The number of rotatable bonds is 13. The molecule has 1 N–H and O–H groups in total. The van der Waals surface area contributed by atoms with Crippen molar-refractivity contribution in [1.82, 2.24) is 0 Å². The van der Waals surface area contributed by atoms with Crippen molar-refractivity contribution in [2.75, 3.05) is 15.1 Å². The van der Waals surface area contributed by atoms with E-state index in [0.29, 0.717) is 0 Å². The zero-order valence-corrected chi connectivity index (χ0v) is 38.1. The molecule has 0 aliphatic carbocycles. The summed E-state index contributed by atoms with van der Waals surface area (Å²) >= 11 is 0. The maximum atomic E-state index is 3.47. The number of hydrogen-bond donors (Lipinski definition) is 1. The van der Waals surface area contributed by atoms with Gasteiger partial charge in [-0.2, -0.15) is 0 Å². The van der Waals surface area contributed by atoms with Crippen LogP contribution in [0.3, 0.4) is 0 Å². The highest BCUT2D eigenvalue weighted by Crippen LogP contribution is 2.39. The first-order valence-corrected chi connectivity index (χ1v) is 23.5. The first-order chi connectivity index (χ1) is 34.2. The minimum Gasteiger partial charge on any atom is -0.356 e. The van der Waals surface area contributed by atoms with Crippen LogP contribution in [0.25, 0.3) is 55.6 Å². The molecule has 0 saturated carbocycles. The number of benzene rings is 11. The fraction of sp³-hybridized carbons (Fsp3) is 0. The van der Waals surface area contributed by atoms with Crippen molar-refractivity contribution in [1.29, 1.82) is 0 Å². The summed E-state index contributed by atoms with van der Waals surface area (Å²) in [6.45, 7) is 0. The SMILES string of the molecule is c1ccc(Nc2ccc(-c3ccc(-c4ccc(N(c5ccccc5)c5ccc(-c6ccc(-c7ccc(N(c8ccccc8)c8ccc(-c9ccccc9)cc8)cc7)cc6)cc5)cc4)cc3)cc2)cc1. The third-order valence-corrected chi connectivity index (χ3v) is 12.7. The summed E-state index contributed by atoms with van der Waals surface area (Å²) in [6.07, 6.45) is 0. The lowest BCUT2D eigenvalue weighted by atomic mass is 9.99. The predicted molar refractivity (Wildman–Crippen MR) is 293 cm³/mol. The summed E-state index contributed by atoms with van der Waals surface area (Å²) < 4.78 is 0. The van der Waals surface area contributed by atoms with Crippen molar-refractivity contribution in [2.45, 2.75) is 0 Å².